The molecule has 4 rings (SSSR count). The molecule has 24 heavy (non-hydrogen) atoms. The Balaban J connectivity index is 1.60. The third kappa shape index (κ3) is 2.59. The number of nitrogens with zero attached hydrogens (tertiary/aromatic N) is 1. The fourth-order valence-corrected chi connectivity index (χ4v) is 5.89. The van der Waals surface area contributed by atoms with Crippen LogP contribution >= 0.6 is 11.6 Å². The molecular formula is C16H19ClN2O4S. The topological polar surface area (TPSA) is 81.3 Å². The lowest BCUT2D eigenvalue weighted by molar-refractivity contribution is 0.333. The maximum absolute atomic E-state index is 12.6. The average Bonchev–Trinajstić information content (AvgIpc) is 3.22. The Morgan fingerprint density at radius 3 is 2.79 bits per heavy atom. The molecule has 2 aliphatic carbocycles. The third-order valence-corrected chi connectivity index (χ3v) is 7.44. The maximum atomic E-state index is 12.6. The molecule has 130 valence electrons. The van der Waals surface area contributed by atoms with E-state index in [1.165, 1.54) is 36.0 Å². The fraction of sp³-hybridized carbons (Fsp3) is 0.562. The normalized spacial score (nSPS) is 26.5. The predicted octanol–water partition coefficient (Wildman–Crippen LogP) is 2.50. The molecule has 0 spiro atoms. The van der Waals surface area contributed by atoms with Gasteiger partial charge in [-0.3, -0.25) is 4.57 Å². The molecule has 1 aromatic carbocycles. The summed E-state index contributed by atoms with van der Waals surface area (Å²) in [4.78, 5) is 11.5. The van der Waals surface area contributed by atoms with E-state index in [0.29, 0.717) is 23.9 Å². The van der Waals surface area contributed by atoms with E-state index in [4.69, 9.17) is 16.0 Å². The predicted molar refractivity (Wildman–Crippen MR) is 90.6 cm³/mol. The Labute approximate surface area is 144 Å². The van der Waals surface area contributed by atoms with E-state index >= 15 is 0 Å². The molecule has 1 heterocycles. The Morgan fingerprint density at radius 2 is 2.12 bits per heavy atom. The van der Waals surface area contributed by atoms with E-state index in [1.807, 2.05) is 0 Å². The smallest absolute Gasteiger partial charge is 0.408 e. The van der Waals surface area contributed by atoms with Crippen LogP contribution in [0.3, 0.4) is 0 Å². The van der Waals surface area contributed by atoms with Crippen molar-refractivity contribution in [3.63, 3.8) is 0 Å². The number of nitrogens with one attached hydrogen (secondary N) is 1. The van der Waals surface area contributed by atoms with Crippen molar-refractivity contribution in [2.75, 3.05) is 6.54 Å². The molecule has 0 radical (unpaired) electrons. The lowest BCUT2D eigenvalue weighted by Gasteiger charge is -2.21. The summed E-state index contributed by atoms with van der Waals surface area (Å²) in [7, 11) is -2.20. The van der Waals surface area contributed by atoms with Crippen LogP contribution in [-0.2, 0) is 17.1 Å². The Kier molecular flexibility index (Phi) is 3.78. The molecule has 1 aromatic heterocycles. The highest BCUT2D eigenvalue weighted by Gasteiger charge is 2.39. The summed E-state index contributed by atoms with van der Waals surface area (Å²) in [6.07, 6.45) is 4.82. The van der Waals surface area contributed by atoms with Crippen LogP contribution in [0.4, 0.5) is 0 Å². The summed E-state index contributed by atoms with van der Waals surface area (Å²) < 4.78 is 34.3. The molecule has 2 bridgehead atoms. The average molecular weight is 371 g/mol. The molecule has 0 aliphatic heterocycles. The maximum Gasteiger partial charge on any atom is 0.419 e. The lowest BCUT2D eigenvalue weighted by Crippen LogP contribution is -2.31. The van der Waals surface area contributed by atoms with Crippen LogP contribution in [0.1, 0.15) is 25.7 Å². The van der Waals surface area contributed by atoms with Gasteiger partial charge in [-0.05, 0) is 43.1 Å². The zero-order chi connectivity index (χ0) is 17.1. The summed E-state index contributed by atoms with van der Waals surface area (Å²) in [6, 6.07) is 2.77. The van der Waals surface area contributed by atoms with Gasteiger partial charge in [-0.25, -0.2) is 17.9 Å². The van der Waals surface area contributed by atoms with E-state index in [2.05, 4.69) is 4.72 Å². The number of benzene rings is 1. The number of sulfonamides is 1. The van der Waals surface area contributed by atoms with Crippen molar-refractivity contribution in [2.24, 2.45) is 24.8 Å². The SMILES string of the molecule is Cn1c(=O)oc2cc(S(=O)(=O)NCC3CC4CCC3C4)c(Cl)cc21. The van der Waals surface area contributed by atoms with Crippen LogP contribution in [-0.4, -0.2) is 19.5 Å². The first-order chi connectivity index (χ1) is 11.3. The second-order valence-electron chi connectivity index (χ2n) is 6.96. The highest BCUT2D eigenvalue weighted by atomic mass is 35.5. The van der Waals surface area contributed by atoms with Gasteiger partial charge in [0, 0.05) is 19.7 Å². The van der Waals surface area contributed by atoms with Gasteiger partial charge in [0.15, 0.2) is 5.58 Å². The van der Waals surface area contributed by atoms with Gasteiger partial charge in [-0.2, -0.15) is 0 Å². The quantitative estimate of drug-likeness (QED) is 0.896. The summed E-state index contributed by atoms with van der Waals surface area (Å²) in [5.74, 6) is 1.27. The van der Waals surface area contributed by atoms with Gasteiger partial charge < -0.3 is 4.42 Å². The molecule has 3 atom stereocenters. The van der Waals surface area contributed by atoms with Gasteiger partial charge in [0.05, 0.1) is 10.5 Å². The molecule has 3 unspecified atom stereocenters. The molecule has 2 aromatic rings. The van der Waals surface area contributed by atoms with Crippen LogP contribution in [0.15, 0.2) is 26.2 Å². The van der Waals surface area contributed by atoms with Crippen molar-refractivity contribution in [1.82, 2.24) is 9.29 Å². The van der Waals surface area contributed by atoms with Crippen molar-refractivity contribution in [2.45, 2.75) is 30.6 Å². The summed E-state index contributed by atoms with van der Waals surface area (Å²) in [6.45, 7) is 0.441. The van der Waals surface area contributed by atoms with Gasteiger partial charge in [0.25, 0.3) is 0 Å². The van der Waals surface area contributed by atoms with Crippen LogP contribution in [0.2, 0.25) is 5.02 Å². The number of aromatic nitrogens is 1. The van der Waals surface area contributed by atoms with Crippen LogP contribution in [0.25, 0.3) is 11.1 Å². The lowest BCUT2D eigenvalue weighted by atomic mass is 9.89. The first-order valence-electron chi connectivity index (χ1n) is 8.14. The number of halogens is 1. The van der Waals surface area contributed by atoms with Gasteiger partial charge in [0.2, 0.25) is 10.0 Å². The van der Waals surface area contributed by atoms with Crippen molar-refractivity contribution in [3.8, 4) is 0 Å². The van der Waals surface area contributed by atoms with Crippen molar-refractivity contribution in [1.29, 1.82) is 0 Å². The van der Waals surface area contributed by atoms with Crippen molar-refractivity contribution >= 4 is 32.7 Å². The highest BCUT2D eigenvalue weighted by Crippen LogP contribution is 2.48. The molecule has 8 heteroatoms. The molecule has 6 nitrogen and oxygen atoms in total. The number of oxazole rings is 1. The minimum Gasteiger partial charge on any atom is -0.408 e. The monoisotopic (exact) mass is 370 g/mol. The number of fused-ring (bicyclic) bond motifs is 3. The third-order valence-electron chi connectivity index (χ3n) is 5.56. The van der Waals surface area contributed by atoms with Crippen molar-refractivity contribution in [3.05, 3.63) is 27.7 Å². The largest absolute Gasteiger partial charge is 0.419 e. The van der Waals surface area contributed by atoms with Crippen LogP contribution < -0.4 is 10.5 Å². The van der Waals surface area contributed by atoms with E-state index in [9.17, 15) is 13.2 Å². The zero-order valence-corrected chi connectivity index (χ0v) is 14.9. The van der Waals surface area contributed by atoms with Gasteiger partial charge in [-0.15, -0.1) is 0 Å². The molecule has 2 saturated carbocycles. The number of rotatable bonds is 4. The number of hydrogen-bond acceptors (Lipinski definition) is 4. The Hall–Kier alpha value is -1.31. The van der Waals surface area contributed by atoms with Crippen LogP contribution in [0, 0.1) is 17.8 Å². The number of hydrogen-bond donors (Lipinski definition) is 1. The summed E-state index contributed by atoms with van der Waals surface area (Å²) in [5.41, 5.74) is 0.684. The van der Waals surface area contributed by atoms with E-state index < -0.39 is 15.8 Å². The van der Waals surface area contributed by atoms with Gasteiger partial charge in [0.1, 0.15) is 4.90 Å². The molecule has 1 N–H and O–H groups in total. The van der Waals surface area contributed by atoms with E-state index in [0.717, 1.165) is 12.3 Å². The van der Waals surface area contributed by atoms with Crippen LogP contribution in [0.5, 0.6) is 0 Å². The molecule has 0 amide bonds. The first-order valence-corrected chi connectivity index (χ1v) is 10.00. The van der Waals surface area contributed by atoms with Gasteiger partial charge >= 0.3 is 5.76 Å². The number of aryl methyl sites for hydroxylation is 1. The van der Waals surface area contributed by atoms with Crippen molar-refractivity contribution < 1.29 is 12.8 Å². The Bertz CT molecular complexity index is 962. The second-order valence-corrected chi connectivity index (χ2v) is 9.11. The van der Waals surface area contributed by atoms with E-state index in [-0.39, 0.29) is 15.5 Å². The Morgan fingerprint density at radius 1 is 1.33 bits per heavy atom. The van der Waals surface area contributed by atoms with Gasteiger partial charge in [-0.1, -0.05) is 18.0 Å². The second kappa shape index (κ2) is 5.61. The van der Waals surface area contributed by atoms with E-state index in [1.54, 1.807) is 7.05 Å². The minimum absolute atomic E-state index is 0.0471. The fourth-order valence-electron chi connectivity index (χ4n) is 4.26. The standard InChI is InChI=1S/C16H19ClN2O4S/c1-19-13-6-12(17)15(7-14(13)23-16(19)20)24(21,22)18-8-11-5-9-2-3-10(11)4-9/h6-7,9-11,18H,2-5,8H2,1H3. The summed E-state index contributed by atoms with van der Waals surface area (Å²) in [5, 5.41) is 0.0827. The molecular weight excluding hydrogens is 352 g/mol. The first kappa shape index (κ1) is 16.2. The molecule has 2 fully saturated rings. The zero-order valence-electron chi connectivity index (χ0n) is 13.3. The molecule has 0 saturated heterocycles. The summed E-state index contributed by atoms with van der Waals surface area (Å²) >= 11 is 6.15. The molecule has 2 aliphatic rings. The highest BCUT2D eigenvalue weighted by molar-refractivity contribution is 7.89. The minimum atomic E-state index is -3.74.